The highest BCUT2D eigenvalue weighted by Gasteiger charge is 2.41. The van der Waals surface area contributed by atoms with Crippen molar-refractivity contribution in [3.8, 4) is 5.75 Å². The summed E-state index contributed by atoms with van der Waals surface area (Å²) in [5.74, 6) is -1.49. The van der Waals surface area contributed by atoms with Crippen LogP contribution in [0.25, 0.3) is 0 Å². The second kappa shape index (κ2) is 8.47. The van der Waals surface area contributed by atoms with Crippen molar-refractivity contribution >= 4 is 23.5 Å². The molecule has 1 atom stereocenters. The van der Waals surface area contributed by atoms with Crippen LogP contribution in [0.2, 0.25) is 0 Å². The smallest absolute Gasteiger partial charge is 0.366 e. The second-order valence-corrected chi connectivity index (χ2v) is 6.16. The van der Waals surface area contributed by atoms with Crippen LogP contribution in [0.5, 0.6) is 5.75 Å². The van der Waals surface area contributed by atoms with Gasteiger partial charge in [-0.25, -0.2) is 0 Å². The molecule has 0 saturated heterocycles. The zero-order chi connectivity index (χ0) is 20.1. The number of amides is 1. The van der Waals surface area contributed by atoms with Crippen LogP contribution in [-0.2, 0) is 14.3 Å². The van der Waals surface area contributed by atoms with E-state index in [9.17, 15) is 19.7 Å². The SMILES string of the molecule is CCCCOC(=O)CN1C(=O)C(c2ccccc2)Oc2ccc([N+](=O)[O-])nc21. The Hall–Kier alpha value is -3.49. The summed E-state index contributed by atoms with van der Waals surface area (Å²) in [4.78, 5) is 40.6. The van der Waals surface area contributed by atoms with Crippen molar-refractivity contribution in [1.82, 2.24) is 4.98 Å². The molecule has 0 fully saturated rings. The number of ether oxygens (including phenoxy) is 2. The maximum atomic E-state index is 13.0. The number of nitrogens with zero attached hydrogens (tertiary/aromatic N) is 3. The molecule has 2 aromatic rings. The molecule has 2 heterocycles. The van der Waals surface area contributed by atoms with Crippen molar-refractivity contribution in [2.24, 2.45) is 0 Å². The highest BCUT2D eigenvalue weighted by molar-refractivity contribution is 6.02. The summed E-state index contributed by atoms with van der Waals surface area (Å²) in [6.07, 6.45) is 0.576. The average Bonchev–Trinajstić information content (AvgIpc) is 2.70. The number of carbonyl (C=O) groups is 2. The molecule has 9 nitrogen and oxygen atoms in total. The van der Waals surface area contributed by atoms with Crippen molar-refractivity contribution < 1.29 is 24.0 Å². The minimum atomic E-state index is -0.986. The number of aromatic nitrogens is 1. The lowest BCUT2D eigenvalue weighted by Crippen LogP contribution is -2.44. The van der Waals surface area contributed by atoms with Gasteiger partial charge >= 0.3 is 11.8 Å². The van der Waals surface area contributed by atoms with E-state index in [1.807, 2.05) is 6.92 Å². The normalized spacial score (nSPS) is 15.5. The Kier molecular flexibility index (Phi) is 5.83. The Morgan fingerprint density at radius 3 is 2.71 bits per heavy atom. The molecule has 0 radical (unpaired) electrons. The van der Waals surface area contributed by atoms with Crippen molar-refractivity contribution in [3.63, 3.8) is 0 Å². The van der Waals surface area contributed by atoms with Gasteiger partial charge in [0, 0.05) is 11.6 Å². The lowest BCUT2D eigenvalue weighted by atomic mass is 10.1. The molecule has 1 unspecified atom stereocenters. The molecular weight excluding hydrogens is 366 g/mol. The summed E-state index contributed by atoms with van der Waals surface area (Å²) in [7, 11) is 0. The zero-order valence-corrected chi connectivity index (χ0v) is 15.2. The third-order valence-corrected chi connectivity index (χ3v) is 4.15. The van der Waals surface area contributed by atoms with Crippen molar-refractivity contribution in [2.75, 3.05) is 18.1 Å². The number of esters is 1. The van der Waals surface area contributed by atoms with E-state index < -0.39 is 35.3 Å². The van der Waals surface area contributed by atoms with E-state index in [-0.39, 0.29) is 18.2 Å². The Morgan fingerprint density at radius 1 is 1.29 bits per heavy atom. The van der Waals surface area contributed by atoms with E-state index in [1.165, 1.54) is 12.1 Å². The van der Waals surface area contributed by atoms with Gasteiger partial charge in [0.1, 0.15) is 6.54 Å². The number of pyridine rings is 1. The van der Waals surface area contributed by atoms with Crippen molar-refractivity contribution in [3.05, 3.63) is 58.1 Å². The van der Waals surface area contributed by atoms with Crippen LogP contribution >= 0.6 is 0 Å². The van der Waals surface area contributed by atoms with Gasteiger partial charge in [-0.05, 0) is 22.4 Å². The van der Waals surface area contributed by atoms with E-state index in [1.54, 1.807) is 30.3 Å². The van der Waals surface area contributed by atoms with Gasteiger partial charge in [0.2, 0.25) is 6.10 Å². The van der Waals surface area contributed by atoms with Crippen LogP contribution < -0.4 is 9.64 Å². The topological polar surface area (TPSA) is 112 Å². The van der Waals surface area contributed by atoms with Crippen LogP contribution in [0, 0.1) is 10.1 Å². The van der Waals surface area contributed by atoms with Crippen LogP contribution in [0.4, 0.5) is 11.6 Å². The fraction of sp³-hybridized carbons (Fsp3) is 0.316. The molecular formula is C19H19N3O6. The standard InChI is InChI=1S/C19H19N3O6/c1-2-3-11-27-16(23)12-21-18-14(9-10-15(20-18)22(25)26)28-17(19(21)24)13-7-5-4-6-8-13/h4-10,17H,2-3,11-12H2,1H3. The van der Waals surface area contributed by atoms with Gasteiger partial charge in [0.15, 0.2) is 5.75 Å². The first-order valence-corrected chi connectivity index (χ1v) is 8.85. The van der Waals surface area contributed by atoms with Gasteiger partial charge in [-0.3, -0.25) is 14.5 Å². The number of anilines is 1. The molecule has 1 amide bonds. The predicted octanol–water partition coefficient (Wildman–Crippen LogP) is 2.80. The molecule has 1 aromatic heterocycles. The summed E-state index contributed by atoms with van der Waals surface area (Å²) in [5.41, 5.74) is 0.598. The summed E-state index contributed by atoms with van der Waals surface area (Å²) in [5, 5.41) is 11.1. The number of hydrogen-bond acceptors (Lipinski definition) is 7. The molecule has 28 heavy (non-hydrogen) atoms. The largest absolute Gasteiger partial charge is 0.469 e. The summed E-state index contributed by atoms with van der Waals surface area (Å²) >= 11 is 0. The molecule has 146 valence electrons. The first-order chi connectivity index (χ1) is 13.5. The van der Waals surface area contributed by atoms with Gasteiger partial charge in [-0.15, -0.1) is 0 Å². The quantitative estimate of drug-likeness (QED) is 0.312. The van der Waals surface area contributed by atoms with Crippen molar-refractivity contribution in [2.45, 2.75) is 25.9 Å². The van der Waals surface area contributed by atoms with E-state index in [4.69, 9.17) is 9.47 Å². The number of fused-ring (bicyclic) bond motifs is 1. The lowest BCUT2D eigenvalue weighted by molar-refractivity contribution is -0.389. The number of hydrogen-bond donors (Lipinski definition) is 0. The molecule has 0 N–H and O–H groups in total. The Morgan fingerprint density at radius 2 is 2.04 bits per heavy atom. The molecule has 9 heteroatoms. The first-order valence-electron chi connectivity index (χ1n) is 8.85. The Labute approximate surface area is 161 Å². The first kappa shape index (κ1) is 19.3. The summed E-state index contributed by atoms with van der Waals surface area (Å²) < 4.78 is 10.9. The number of nitro groups is 1. The lowest BCUT2D eigenvalue weighted by Gasteiger charge is -2.30. The highest BCUT2D eigenvalue weighted by atomic mass is 16.6. The van der Waals surface area contributed by atoms with Crippen LogP contribution in [0.3, 0.4) is 0 Å². The van der Waals surface area contributed by atoms with Crippen LogP contribution in [0.1, 0.15) is 31.4 Å². The molecule has 0 bridgehead atoms. The molecule has 1 aliphatic rings. The van der Waals surface area contributed by atoms with E-state index >= 15 is 0 Å². The third-order valence-electron chi connectivity index (χ3n) is 4.15. The minimum absolute atomic E-state index is 0.0705. The number of unbranched alkanes of at least 4 members (excludes halogenated alkanes) is 1. The van der Waals surface area contributed by atoms with E-state index in [0.29, 0.717) is 12.0 Å². The van der Waals surface area contributed by atoms with Gasteiger partial charge in [0.25, 0.3) is 11.7 Å². The zero-order valence-electron chi connectivity index (χ0n) is 15.2. The Balaban J connectivity index is 1.94. The highest BCUT2D eigenvalue weighted by Crippen LogP contribution is 2.38. The maximum Gasteiger partial charge on any atom is 0.366 e. The van der Waals surface area contributed by atoms with Gasteiger partial charge in [-0.1, -0.05) is 43.7 Å². The predicted molar refractivity (Wildman–Crippen MR) is 98.9 cm³/mol. The van der Waals surface area contributed by atoms with Crippen molar-refractivity contribution in [1.29, 1.82) is 0 Å². The number of benzene rings is 1. The fourth-order valence-electron chi connectivity index (χ4n) is 2.73. The molecule has 0 saturated carbocycles. The molecule has 0 aliphatic carbocycles. The summed E-state index contributed by atoms with van der Waals surface area (Å²) in [6.45, 7) is 1.80. The Bertz CT molecular complexity index is 886. The fourth-order valence-corrected chi connectivity index (χ4v) is 2.73. The van der Waals surface area contributed by atoms with E-state index in [2.05, 4.69) is 4.98 Å². The average molecular weight is 385 g/mol. The number of rotatable bonds is 7. The van der Waals surface area contributed by atoms with Gasteiger partial charge in [-0.2, -0.15) is 0 Å². The van der Waals surface area contributed by atoms with Gasteiger partial charge < -0.3 is 19.6 Å². The molecule has 1 aliphatic heterocycles. The molecule has 3 rings (SSSR count). The monoisotopic (exact) mass is 385 g/mol. The minimum Gasteiger partial charge on any atom is -0.469 e. The second-order valence-electron chi connectivity index (χ2n) is 6.16. The maximum absolute atomic E-state index is 13.0. The van der Waals surface area contributed by atoms with Crippen LogP contribution in [-0.4, -0.2) is 34.9 Å². The van der Waals surface area contributed by atoms with E-state index in [0.717, 1.165) is 11.3 Å². The van der Waals surface area contributed by atoms with Crippen LogP contribution in [0.15, 0.2) is 42.5 Å². The molecule has 0 spiro atoms. The summed E-state index contributed by atoms with van der Waals surface area (Å²) in [6, 6.07) is 11.3. The number of carbonyl (C=O) groups excluding carboxylic acids is 2. The third kappa shape index (κ3) is 4.08. The molecule has 1 aromatic carbocycles. The van der Waals surface area contributed by atoms with Gasteiger partial charge in [0.05, 0.1) is 6.61 Å².